The van der Waals surface area contributed by atoms with Crippen LogP contribution in [0.5, 0.6) is 0 Å². The topological polar surface area (TPSA) is 70.2 Å². The van der Waals surface area contributed by atoms with E-state index < -0.39 is 0 Å². The Morgan fingerprint density at radius 2 is 2.00 bits per heavy atom. The molecular formula is C13H13N5OS. The summed E-state index contributed by atoms with van der Waals surface area (Å²) in [7, 11) is 1.65. The Morgan fingerprint density at radius 3 is 2.65 bits per heavy atom. The molecule has 7 heteroatoms. The van der Waals surface area contributed by atoms with Crippen LogP contribution in [0.2, 0.25) is 0 Å². The van der Waals surface area contributed by atoms with Gasteiger partial charge in [-0.05, 0) is 24.4 Å². The Labute approximate surface area is 121 Å². The Hall–Kier alpha value is -2.54. The van der Waals surface area contributed by atoms with Gasteiger partial charge in [0.1, 0.15) is 5.69 Å². The molecular weight excluding hydrogens is 274 g/mol. The van der Waals surface area contributed by atoms with Crippen molar-refractivity contribution in [2.24, 2.45) is 0 Å². The Bertz CT molecular complexity index is 590. The normalized spacial score (nSPS) is 9.65. The monoisotopic (exact) mass is 287 g/mol. The van der Waals surface area contributed by atoms with Crippen molar-refractivity contribution >= 4 is 28.9 Å². The van der Waals surface area contributed by atoms with Gasteiger partial charge in [-0.2, -0.15) is 0 Å². The van der Waals surface area contributed by atoms with Crippen molar-refractivity contribution in [2.45, 2.75) is 0 Å². The van der Waals surface area contributed by atoms with E-state index in [1.165, 1.54) is 23.6 Å². The van der Waals surface area contributed by atoms with Gasteiger partial charge < -0.3 is 5.32 Å². The van der Waals surface area contributed by atoms with E-state index >= 15 is 0 Å². The largest absolute Gasteiger partial charge is 0.331 e. The SMILES string of the molecule is CN(NC(=O)c1cnccn1)C(=S)Nc1ccccc1. The fourth-order valence-corrected chi connectivity index (χ4v) is 1.57. The molecule has 2 aromatic rings. The molecule has 0 aliphatic heterocycles. The number of anilines is 1. The van der Waals surface area contributed by atoms with E-state index in [4.69, 9.17) is 12.2 Å². The minimum Gasteiger partial charge on any atom is -0.331 e. The van der Waals surface area contributed by atoms with E-state index in [0.29, 0.717) is 5.11 Å². The summed E-state index contributed by atoms with van der Waals surface area (Å²) in [6.07, 6.45) is 4.34. The lowest BCUT2D eigenvalue weighted by atomic mass is 10.3. The van der Waals surface area contributed by atoms with Gasteiger partial charge in [0.25, 0.3) is 5.91 Å². The van der Waals surface area contributed by atoms with E-state index in [1.807, 2.05) is 30.3 Å². The third-order valence-electron chi connectivity index (χ3n) is 2.39. The van der Waals surface area contributed by atoms with Crippen molar-refractivity contribution in [3.8, 4) is 0 Å². The Kier molecular flexibility index (Phi) is 4.56. The highest BCUT2D eigenvalue weighted by molar-refractivity contribution is 7.80. The molecule has 0 bridgehead atoms. The number of carbonyl (C=O) groups excluding carboxylic acids is 1. The Morgan fingerprint density at radius 1 is 1.25 bits per heavy atom. The maximum Gasteiger partial charge on any atom is 0.290 e. The molecule has 0 aliphatic carbocycles. The number of hydrogen-bond donors (Lipinski definition) is 2. The molecule has 1 heterocycles. The molecule has 2 N–H and O–H groups in total. The quantitative estimate of drug-likeness (QED) is 0.643. The van der Waals surface area contributed by atoms with Crippen LogP contribution in [0.3, 0.4) is 0 Å². The van der Waals surface area contributed by atoms with E-state index in [0.717, 1.165) is 5.69 Å². The molecule has 0 radical (unpaired) electrons. The highest BCUT2D eigenvalue weighted by Crippen LogP contribution is 2.05. The molecule has 0 unspecified atom stereocenters. The predicted molar refractivity (Wildman–Crippen MR) is 79.9 cm³/mol. The van der Waals surface area contributed by atoms with Crippen molar-refractivity contribution < 1.29 is 4.79 Å². The fraction of sp³-hybridized carbons (Fsp3) is 0.0769. The first kappa shape index (κ1) is 13.9. The number of hydrazine groups is 1. The molecule has 1 aromatic carbocycles. The second kappa shape index (κ2) is 6.58. The summed E-state index contributed by atoms with van der Waals surface area (Å²) in [6, 6.07) is 9.45. The lowest BCUT2D eigenvalue weighted by Crippen LogP contribution is -2.45. The number of para-hydroxylation sites is 1. The molecule has 102 valence electrons. The molecule has 1 amide bonds. The summed E-state index contributed by atoms with van der Waals surface area (Å²) < 4.78 is 0. The molecule has 0 aliphatic rings. The summed E-state index contributed by atoms with van der Waals surface area (Å²) in [6.45, 7) is 0. The minimum absolute atomic E-state index is 0.224. The van der Waals surface area contributed by atoms with E-state index in [1.54, 1.807) is 7.05 Å². The number of amides is 1. The summed E-state index contributed by atoms with van der Waals surface area (Å²) in [4.78, 5) is 19.6. The minimum atomic E-state index is -0.377. The van der Waals surface area contributed by atoms with Gasteiger partial charge in [-0.25, -0.2) is 4.98 Å². The average Bonchev–Trinajstić information content (AvgIpc) is 2.49. The van der Waals surface area contributed by atoms with Crippen LogP contribution in [0.25, 0.3) is 0 Å². The summed E-state index contributed by atoms with van der Waals surface area (Å²) in [5.41, 5.74) is 3.67. The number of aromatic nitrogens is 2. The smallest absolute Gasteiger partial charge is 0.290 e. The zero-order valence-corrected chi connectivity index (χ0v) is 11.6. The van der Waals surface area contributed by atoms with Crippen molar-refractivity contribution in [1.82, 2.24) is 20.4 Å². The number of benzene rings is 1. The molecule has 2 rings (SSSR count). The first-order valence-corrected chi connectivity index (χ1v) is 6.24. The van der Waals surface area contributed by atoms with Crippen molar-refractivity contribution in [3.63, 3.8) is 0 Å². The lowest BCUT2D eigenvalue weighted by molar-refractivity contribution is 0.0883. The van der Waals surface area contributed by atoms with Crippen LogP contribution in [-0.2, 0) is 0 Å². The lowest BCUT2D eigenvalue weighted by Gasteiger charge is -2.21. The molecule has 0 fully saturated rings. The van der Waals surface area contributed by atoms with Crippen molar-refractivity contribution in [3.05, 3.63) is 54.6 Å². The maximum absolute atomic E-state index is 11.9. The van der Waals surface area contributed by atoms with Gasteiger partial charge in [-0.15, -0.1) is 0 Å². The number of hydrogen-bond acceptors (Lipinski definition) is 4. The first-order valence-electron chi connectivity index (χ1n) is 5.83. The number of thiocarbonyl (C=S) groups is 1. The number of carbonyl (C=O) groups is 1. The number of rotatable bonds is 2. The third kappa shape index (κ3) is 3.72. The fourth-order valence-electron chi connectivity index (χ4n) is 1.41. The van der Waals surface area contributed by atoms with Crippen LogP contribution in [0.1, 0.15) is 10.5 Å². The first-order chi connectivity index (χ1) is 9.66. The average molecular weight is 287 g/mol. The van der Waals surface area contributed by atoms with E-state index in [-0.39, 0.29) is 11.6 Å². The van der Waals surface area contributed by atoms with Gasteiger partial charge >= 0.3 is 0 Å². The van der Waals surface area contributed by atoms with Crippen molar-refractivity contribution in [2.75, 3.05) is 12.4 Å². The van der Waals surface area contributed by atoms with Crippen LogP contribution in [0.15, 0.2) is 48.9 Å². The molecule has 0 saturated carbocycles. The third-order valence-corrected chi connectivity index (χ3v) is 2.77. The second-order valence-electron chi connectivity index (χ2n) is 3.89. The van der Waals surface area contributed by atoms with E-state index in [2.05, 4.69) is 20.7 Å². The van der Waals surface area contributed by atoms with Crippen LogP contribution in [-0.4, -0.2) is 33.0 Å². The van der Waals surface area contributed by atoms with Gasteiger partial charge in [-0.3, -0.25) is 20.2 Å². The van der Waals surface area contributed by atoms with Crippen molar-refractivity contribution in [1.29, 1.82) is 0 Å². The number of nitrogens with zero attached hydrogens (tertiary/aromatic N) is 3. The standard InChI is InChI=1S/C13H13N5OS/c1-18(13(20)16-10-5-3-2-4-6-10)17-12(19)11-9-14-7-8-15-11/h2-9H,1H3,(H,16,20)(H,17,19). The van der Waals surface area contributed by atoms with E-state index in [9.17, 15) is 4.79 Å². The van der Waals surface area contributed by atoms with Crippen LogP contribution in [0.4, 0.5) is 5.69 Å². The molecule has 0 saturated heterocycles. The highest BCUT2D eigenvalue weighted by Gasteiger charge is 2.11. The van der Waals surface area contributed by atoms with Gasteiger partial charge in [0, 0.05) is 25.1 Å². The highest BCUT2D eigenvalue weighted by atomic mass is 32.1. The number of nitrogens with one attached hydrogen (secondary N) is 2. The zero-order chi connectivity index (χ0) is 14.4. The maximum atomic E-state index is 11.9. The molecule has 1 aromatic heterocycles. The molecule has 6 nitrogen and oxygen atoms in total. The second-order valence-corrected chi connectivity index (χ2v) is 4.27. The zero-order valence-electron chi connectivity index (χ0n) is 10.8. The molecule has 20 heavy (non-hydrogen) atoms. The van der Waals surface area contributed by atoms with Crippen LogP contribution < -0.4 is 10.7 Å². The molecule has 0 atom stereocenters. The van der Waals surface area contributed by atoms with Gasteiger partial charge in [-0.1, -0.05) is 18.2 Å². The molecule has 0 spiro atoms. The predicted octanol–water partition coefficient (Wildman–Crippen LogP) is 1.45. The van der Waals surface area contributed by atoms with Crippen LogP contribution >= 0.6 is 12.2 Å². The summed E-state index contributed by atoms with van der Waals surface area (Å²) in [5.74, 6) is -0.377. The van der Waals surface area contributed by atoms with Gasteiger partial charge in [0.2, 0.25) is 0 Å². The van der Waals surface area contributed by atoms with Gasteiger partial charge in [0.05, 0.1) is 6.20 Å². The van der Waals surface area contributed by atoms with Gasteiger partial charge in [0.15, 0.2) is 5.11 Å². The Balaban J connectivity index is 1.93. The summed E-state index contributed by atoms with van der Waals surface area (Å²) in [5, 5.41) is 4.79. The van der Waals surface area contributed by atoms with Crippen LogP contribution in [0, 0.1) is 0 Å². The summed E-state index contributed by atoms with van der Waals surface area (Å²) >= 11 is 5.19.